The fourth-order valence-electron chi connectivity index (χ4n) is 7.84. The predicted molar refractivity (Wildman–Crippen MR) is 228 cm³/mol. The second-order valence-electron chi connectivity index (χ2n) is 13.7. The zero-order valence-corrected chi connectivity index (χ0v) is 29.6. The van der Waals surface area contributed by atoms with Crippen molar-refractivity contribution in [3.05, 3.63) is 212 Å². The summed E-state index contributed by atoms with van der Waals surface area (Å²) < 4.78 is 6.55. The van der Waals surface area contributed by atoms with Gasteiger partial charge in [-0.1, -0.05) is 176 Å². The smallest absolute Gasteiger partial charge is 0.143 e. The van der Waals surface area contributed by atoms with Crippen LogP contribution in [0.4, 0.5) is 17.1 Å². The number of rotatable bonds is 7. The van der Waals surface area contributed by atoms with Crippen molar-refractivity contribution in [2.75, 3.05) is 4.90 Å². The van der Waals surface area contributed by atoms with Gasteiger partial charge in [0.2, 0.25) is 0 Å². The standard InChI is InChI=1S/C52H35NO/c1-2-12-36(13-3-1)38-28-32-42(33-29-38)53(50-22-8-6-17-46(50)48-20-11-21-49-47-18-7-9-23-51(47)54-52(48)49)43-34-30-39(31-35-43)37-24-26-41(27-25-37)45-19-10-15-40-14-4-5-16-44(40)45/h1-35H. The lowest BCUT2D eigenvalue weighted by atomic mass is 9.96. The molecule has 0 fully saturated rings. The number of fused-ring (bicyclic) bond motifs is 4. The molecule has 2 heteroatoms. The van der Waals surface area contributed by atoms with Gasteiger partial charge in [0.15, 0.2) is 0 Å². The van der Waals surface area contributed by atoms with Gasteiger partial charge in [-0.15, -0.1) is 0 Å². The molecule has 0 aliphatic rings. The van der Waals surface area contributed by atoms with Crippen molar-refractivity contribution in [3.8, 4) is 44.5 Å². The average molecular weight is 690 g/mol. The predicted octanol–water partition coefficient (Wildman–Crippen LogP) is 14.9. The van der Waals surface area contributed by atoms with Crippen LogP contribution in [-0.2, 0) is 0 Å². The molecule has 9 aromatic carbocycles. The Morgan fingerprint density at radius 3 is 1.52 bits per heavy atom. The molecule has 0 aliphatic heterocycles. The molecule has 1 heterocycles. The Balaban J connectivity index is 1.06. The Labute approximate surface area is 314 Å². The van der Waals surface area contributed by atoms with Gasteiger partial charge in [0.1, 0.15) is 11.2 Å². The summed E-state index contributed by atoms with van der Waals surface area (Å²) >= 11 is 0. The molecule has 0 spiro atoms. The van der Waals surface area contributed by atoms with Gasteiger partial charge in [0.05, 0.1) is 5.69 Å². The SMILES string of the molecule is c1ccc(-c2ccc(N(c3ccc(-c4ccc(-c5cccc6ccccc56)cc4)cc3)c3ccccc3-c3cccc4c3oc3ccccc34)cc2)cc1. The highest BCUT2D eigenvalue weighted by atomic mass is 16.3. The van der Waals surface area contributed by atoms with Crippen LogP contribution in [0.25, 0.3) is 77.2 Å². The van der Waals surface area contributed by atoms with E-state index in [1.165, 1.54) is 44.2 Å². The molecule has 0 amide bonds. The lowest BCUT2D eigenvalue weighted by molar-refractivity contribution is 0.670. The van der Waals surface area contributed by atoms with Crippen molar-refractivity contribution in [1.82, 2.24) is 0 Å². The minimum absolute atomic E-state index is 0.895. The van der Waals surface area contributed by atoms with E-state index in [0.29, 0.717) is 0 Å². The van der Waals surface area contributed by atoms with Crippen molar-refractivity contribution in [3.63, 3.8) is 0 Å². The van der Waals surface area contributed by atoms with Crippen LogP contribution in [0, 0.1) is 0 Å². The third kappa shape index (κ3) is 5.62. The van der Waals surface area contributed by atoms with Crippen LogP contribution in [-0.4, -0.2) is 0 Å². The minimum atomic E-state index is 0.895. The maximum Gasteiger partial charge on any atom is 0.143 e. The molecule has 2 nitrogen and oxygen atoms in total. The van der Waals surface area contributed by atoms with E-state index in [2.05, 4.69) is 205 Å². The zero-order valence-electron chi connectivity index (χ0n) is 29.6. The Morgan fingerprint density at radius 1 is 0.296 bits per heavy atom. The monoisotopic (exact) mass is 689 g/mol. The van der Waals surface area contributed by atoms with E-state index in [4.69, 9.17) is 4.42 Å². The first-order valence-corrected chi connectivity index (χ1v) is 18.4. The molecule has 0 N–H and O–H groups in total. The summed E-state index contributed by atoms with van der Waals surface area (Å²) in [5, 5.41) is 4.77. The van der Waals surface area contributed by atoms with Gasteiger partial charge in [-0.25, -0.2) is 0 Å². The van der Waals surface area contributed by atoms with Crippen molar-refractivity contribution in [2.45, 2.75) is 0 Å². The number of benzene rings is 9. The Hall–Kier alpha value is -7.16. The lowest BCUT2D eigenvalue weighted by Gasteiger charge is -2.28. The summed E-state index contributed by atoms with van der Waals surface area (Å²) in [4.78, 5) is 2.36. The van der Waals surface area contributed by atoms with Crippen LogP contribution in [0.15, 0.2) is 217 Å². The van der Waals surface area contributed by atoms with Crippen LogP contribution >= 0.6 is 0 Å². The van der Waals surface area contributed by atoms with E-state index in [-0.39, 0.29) is 0 Å². The third-order valence-electron chi connectivity index (χ3n) is 10.5. The van der Waals surface area contributed by atoms with E-state index >= 15 is 0 Å². The summed E-state index contributed by atoms with van der Waals surface area (Å²) in [5.74, 6) is 0. The van der Waals surface area contributed by atoms with E-state index in [1.807, 2.05) is 12.1 Å². The molecule has 0 aliphatic carbocycles. The zero-order chi connectivity index (χ0) is 35.8. The number of para-hydroxylation sites is 3. The maximum atomic E-state index is 6.55. The second-order valence-corrected chi connectivity index (χ2v) is 13.7. The van der Waals surface area contributed by atoms with Gasteiger partial charge in [-0.2, -0.15) is 0 Å². The van der Waals surface area contributed by atoms with Gasteiger partial charge < -0.3 is 9.32 Å². The first kappa shape index (κ1) is 31.6. The normalized spacial score (nSPS) is 11.3. The largest absolute Gasteiger partial charge is 0.455 e. The fraction of sp³-hybridized carbons (Fsp3) is 0. The maximum absolute atomic E-state index is 6.55. The van der Waals surface area contributed by atoms with Crippen molar-refractivity contribution in [1.29, 1.82) is 0 Å². The molecule has 0 unspecified atom stereocenters. The second kappa shape index (κ2) is 13.4. The topological polar surface area (TPSA) is 16.4 Å². The number of nitrogens with zero attached hydrogens (tertiary/aromatic N) is 1. The van der Waals surface area contributed by atoms with Crippen LogP contribution in [0.3, 0.4) is 0 Å². The van der Waals surface area contributed by atoms with Crippen molar-refractivity contribution >= 4 is 49.8 Å². The molecule has 0 bridgehead atoms. The van der Waals surface area contributed by atoms with Gasteiger partial charge in [-0.05, 0) is 80.6 Å². The van der Waals surface area contributed by atoms with E-state index in [9.17, 15) is 0 Å². The van der Waals surface area contributed by atoms with E-state index in [1.54, 1.807) is 0 Å². The Kier molecular flexibility index (Phi) is 7.85. The first-order chi connectivity index (χ1) is 26.8. The number of furan rings is 1. The summed E-state index contributed by atoms with van der Waals surface area (Å²) in [6.07, 6.45) is 0. The van der Waals surface area contributed by atoms with Crippen LogP contribution in [0.2, 0.25) is 0 Å². The molecule has 254 valence electrons. The molecule has 0 radical (unpaired) electrons. The van der Waals surface area contributed by atoms with E-state index < -0.39 is 0 Å². The highest BCUT2D eigenvalue weighted by Gasteiger charge is 2.20. The molecular formula is C52H35NO. The number of hydrogen-bond acceptors (Lipinski definition) is 2. The highest BCUT2D eigenvalue weighted by Crippen LogP contribution is 2.45. The lowest BCUT2D eigenvalue weighted by Crippen LogP contribution is -2.11. The first-order valence-electron chi connectivity index (χ1n) is 18.4. The molecule has 54 heavy (non-hydrogen) atoms. The quantitative estimate of drug-likeness (QED) is 0.166. The van der Waals surface area contributed by atoms with Crippen LogP contribution in [0.1, 0.15) is 0 Å². The molecule has 1 aromatic heterocycles. The number of hydrogen-bond donors (Lipinski definition) is 0. The molecule has 10 aromatic rings. The third-order valence-corrected chi connectivity index (χ3v) is 10.5. The van der Waals surface area contributed by atoms with E-state index in [0.717, 1.165) is 50.1 Å². The Morgan fingerprint density at radius 2 is 0.778 bits per heavy atom. The summed E-state index contributed by atoms with van der Waals surface area (Å²) in [6, 6.07) is 75.8. The average Bonchev–Trinajstić information content (AvgIpc) is 3.64. The Bertz CT molecular complexity index is 2900. The van der Waals surface area contributed by atoms with Crippen molar-refractivity contribution < 1.29 is 4.42 Å². The van der Waals surface area contributed by atoms with Gasteiger partial charge in [0.25, 0.3) is 0 Å². The molecule has 0 atom stereocenters. The van der Waals surface area contributed by atoms with Crippen molar-refractivity contribution in [2.24, 2.45) is 0 Å². The summed E-state index contributed by atoms with van der Waals surface area (Å²) in [6.45, 7) is 0. The summed E-state index contributed by atoms with van der Waals surface area (Å²) in [5.41, 5.74) is 14.4. The van der Waals surface area contributed by atoms with Crippen LogP contribution < -0.4 is 4.90 Å². The minimum Gasteiger partial charge on any atom is -0.455 e. The van der Waals surface area contributed by atoms with Gasteiger partial charge in [0, 0.05) is 33.3 Å². The highest BCUT2D eigenvalue weighted by molar-refractivity contribution is 6.10. The molecular weight excluding hydrogens is 655 g/mol. The summed E-state index contributed by atoms with van der Waals surface area (Å²) in [7, 11) is 0. The fourth-order valence-corrected chi connectivity index (χ4v) is 7.84. The number of anilines is 3. The van der Waals surface area contributed by atoms with Gasteiger partial charge in [-0.3, -0.25) is 0 Å². The van der Waals surface area contributed by atoms with Gasteiger partial charge >= 0.3 is 0 Å². The molecule has 0 saturated heterocycles. The molecule has 10 rings (SSSR count). The molecule has 0 saturated carbocycles. The van der Waals surface area contributed by atoms with Crippen LogP contribution in [0.5, 0.6) is 0 Å².